The van der Waals surface area contributed by atoms with Crippen LogP contribution < -0.4 is 5.32 Å². The second-order valence-corrected chi connectivity index (χ2v) is 7.45. The molecule has 0 spiro atoms. The van der Waals surface area contributed by atoms with Gasteiger partial charge < -0.3 is 14.7 Å². The second-order valence-electron chi connectivity index (χ2n) is 7.45. The van der Waals surface area contributed by atoms with Gasteiger partial charge in [0, 0.05) is 13.2 Å². The third-order valence-corrected chi connectivity index (χ3v) is 5.45. The Hall–Kier alpha value is -3.76. The number of fused-ring (bicyclic) bond motifs is 2. The Morgan fingerprint density at radius 3 is 2.93 bits per heavy atom. The molecule has 1 aromatic carbocycles. The number of carbonyl (C=O) groups excluding carboxylic acids is 2. The molecule has 0 radical (unpaired) electrons. The predicted molar refractivity (Wildman–Crippen MR) is 106 cm³/mol. The highest BCUT2D eigenvalue weighted by atomic mass is 16.7. The smallest absolute Gasteiger partial charge is 0.343 e. The average molecular weight is 408 g/mol. The lowest BCUT2D eigenvalue weighted by molar-refractivity contribution is -0.136. The summed E-state index contributed by atoms with van der Waals surface area (Å²) in [4.78, 5) is 30.7. The molecular weight excluding hydrogens is 388 g/mol. The van der Waals surface area contributed by atoms with Crippen LogP contribution >= 0.6 is 0 Å². The van der Waals surface area contributed by atoms with Crippen LogP contribution in [0, 0.1) is 0 Å². The summed E-state index contributed by atoms with van der Waals surface area (Å²) in [5.41, 5.74) is 1.92. The molecule has 2 atom stereocenters. The van der Waals surface area contributed by atoms with E-state index in [9.17, 15) is 9.59 Å². The number of carbonyl (C=O) groups is 2. The molecule has 30 heavy (non-hydrogen) atoms. The van der Waals surface area contributed by atoms with Crippen LogP contribution in [-0.4, -0.2) is 48.8 Å². The lowest BCUT2D eigenvalue weighted by atomic mass is 9.92. The molecule has 1 aliphatic heterocycles. The van der Waals surface area contributed by atoms with Crippen molar-refractivity contribution in [2.24, 2.45) is 17.4 Å². The number of anilines is 1. The average Bonchev–Trinajstić information content (AvgIpc) is 3.45. The van der Waals surface area contributed by atoms with E-state index < -0.39 is 12.0 Å². The summed E-state index contributed by atoms with van der Waals surface area (Å²) in [7, 11) is 1.70. The lowest BCUT2D eigenvalue weighted by Gasteiger charge is -2.26. The highest BCUT2D eigenvalue weighted by Gasteiger charge is 2.37. The van der Waals surface area contributed by atoms with Crippen LogP contribution in [0.15, 0.2) is 46.9 Å². The maximum atomic E-state index is 12.7. The van der Waals surface area contributed by atoms with Crippen LogP contribution in [0.5, 0.6) is 0 Å². The van der Waals surface area contributed by atoms with E-state index in [0.29, 0.717) is 16.7 Å². The Balaban J connectivity index is 1.29. The standard InChI is InChI=1S/C19H20N8O3/c1-25-11-12(20-19(29)26-15-8-4-2-6-13(15)21-23-26)10-17(25)18(28)30-27-16-9-5-3-7-14(16)22-24-27/h2,4,6,8,10-11,14,16H,3,5,7,9H2,1H3,(H,20,29). The number of rotatable bonds is 3. The molecular formula is C19H20N8O3. The van der Waals surface area contributed by atoms with Gasteiger partial charge in [0.05, 0.1) is 17.2 Å². The topological polar surface area (TPSA) is 119 Å². The minimum Gasteiger partial charge on any atom is -0.343 e. The lowest BCUT2D eigenvalue weighted by Crippen LogP contribution is -2.38. The summed E-state index contributed by atoms with van der Waals surface area (Å²) in [6.45, 7) is 0. The molecule has 3 aromatic rings. The third kappa shape index (κ3) is 3.17. The molecule has 2 aliphatic rings. The van der Waals surface area contributed by atoms with E-state index in [0.717, 1.165) is 25.7 Å². The van der Waals surface area contributed by atoms with Crippen LogP contribution in [0.3, 0.4) is 0 Å². The molecule has 2 unspecified atom stereocenters. The summed E-state index contributed by atoms with van der Waals surface area (Å²) < 4.78 is 2.76. The number of aromatic nitrogens is 4. The Labute approximate surface area is 171 Å². The molecule has 5 rings (SSSR count). The SMILES string of the molecule is Cn1cc(NC(=O)n2nnc3ccccc32)cc1C(=O)ON1N=NC2CCCCC21. The zero-order chi connectivity index (χ0) is 20.7. The van der Waals surface area contributed by atoms with E-state index >= 15 is 0 Å². The zero-order valence-corrected chi connectivity index (χ0v) is 16.3. The summed E-state index contributed by atoms with van der Waals surface area (Å²) in [6, 6.07) is 8.32. The first-order valence-corrected chi connectivity index (χ1v) is 9.80. The first-order chi connectivity index (χ1) is 14.6. The Bertz CT molecular complexity index is 1150. The van der Waals surface area contributed by atoms with Crippen molar-refractivity contribution in [3.05, 3.63) is 42.2 Å². The van der Waals surface area contributed by atoms with Crippen LogP contribution in [0.4, 0.5) is 10.5 Å². The Kier molecular flexibility index (Phi) is 4.42. The van der Waals surface area contributed by atoms with Crippen molar-refractivity contribution in [2.75, 3.05) is 5.32 Å². The first kappa shape index (κ1) is 18.3. The maximum Gasteiger partial charge on any atom is 0.381 e. The van der Waals surface area contributed by atoms with Crippen LogP contribution in [-0.2, 0) is 11.9 Å². The maximum absolute atomic E-state index is 12.7. The van der Waals surface area contributed by atoms with Gasteiger partial charge in [-0.1, -0.05) is 35.4 Å². The molecule has 1 amide bonds. The second kappa shape index (κ2) is 7.25. The number of aryl methyl sites for hydroxylation is 1. The number of hydroxylamine groups is 1. The number of hydrogen-bond acceptors (Lipinski definition) is 8. The van der Waals surface area contributed by atoms with Gasteiger partial charge in [-0.15, -0.1) is 5.10 Å². The van der Waals surface area contributed by atoms with Gasteiger partial charge in [-0.3, -0.25) is 0 Å². The van der Waals surface area contributed by atoms with Crippen molar-refractivity contribution in [2.45, 2.75) is 37.8 Å². The monoisotopic (exact) mass is 408 g/mol. The van der Waals surface area contributed by atoms with Gasteiger partial charge in [-0.2, -0.15) is 9.80 Å². The minimum atomic E-state index is -0.561. The van der Waals surface area contributed by atoms with Gasteiger partial charge in [0.1, 0.15) is 17.3 Å². The normalized spacial score (nSPS) is 20.4. The van der Waals surface area contributed by atoms with Gasteiger partial charge in [0.15, 0.2) is 0 Å². The van der Waals surface area contributed by atoms with Gasteiger partial charge in [0.2, 0.25) is 0 Å². The summed E-state index contributed by atoms with van der Waals surface area (Å²) in [6.07, 6.45) is 5.66. The van der Waals surface area contributed by atoms with Gasteiger partial charge in [0.25, 0.3) is 0 Å². The van der Waals surface area contributed by atoms with Crippen molar-refractivity contribution in [3.8, 4) is 0 Å². The van der Waals surface area contributed by atoms with Crippen molar-refractivity contribution < 1.29 is 14.4 Å². The number of para-hydroxylation sites is 1. The highest BCUT2D eigenvalue weighted by molar-refractivity contribution is 5.97. The van der Waals surface area contributed by atoms with E-state index in [1.165, 1.54) is 9.85 Å². The number of benzene rings is 1. The fourth-order valence-corrected chi connectivity index (χ4v) is 3.92. The fourth-order valence-electron chi connectivity index (χ4n) is 3.92. The van der Waals surface area contributed by atoms with Crippen molar-refractivity contribution in [1.29, 1.82) is 0 Å². The zero-order valence-electron chi connectivity index (χ0n) is 16.3. The first-order valence-electron chi connectivity index (χ1n) is 9.80. The number of amides is 1. The molecule has 1 fully saturated rings. The van der Waals surface area contributed by atoms with Crippen LogP contribution in [0.25, 0.3) is 11.0 Å². The van der Waals surface area contributed by atoms with Crippen molar-refractivity contribution in [3.63, 3.8) is 0 Å². The molecule has 1 N–H and O–H groups in total. The van der Waals surface area contributed by atoms with E-state index in [4.69, 9.17) is 4.84 Å². The molecule has 11 heteroatoms. The molecule has 0 bridgehead atoms. The van der Waals surface area contributed by atoms with Crippen LogP contribution in [0.1, 0.15) is 36.2 Å². The summed E-state index contributed by atoms with van der Waals surface area (Å²) in [5, 5.41) is 20.1. The molecule has 2 aromatic heterocycles. The van der Waals surface area contributed by atoms with Crippen molar-refractivity contribution in [1.82, 2.24) is 24.7 Å². The minimum absolute atomic E-state index is 0.00254. The number of nitrogens with one attached hydrogen (secondary N) is 1. The fraction of sp³-hybridized carbons (Fsp3) is 0.368. The molecule has 1 aliphatic carbocycles. The Morgan fingerprint density at radius 1 is 1.20 bits per heavy atom. The van der Waals surface area contributed by atoms with Crippen LogP contribution in [0.2, 0.25) is 0 Å². The van der Waals surface area contributed by atoms with Gasteiger partial charge in [-0.25, -0.2) is 9.59 Å². The van der Waals surface area contributed by atoms with Gasteiger partial charge in [-0.05, 0) is 36.3 Å². The quantitative estimate of drug-likeness (QED) is 0.712. The van der Waals surface area contributed by atoms with Crippen molar-refractivity contribution >= 4 is 28.7 Å². The van der Waals surface area contributed by atoms with E-state index in [1.54, 1.807) is 42.1 Å². The third-order valence-electron chi connectivity index (χ3n) is 5.45. The summed E-state index contributed by atoms with van der Waals surface area (Å²) in [5.74, 6) is -0.561. The summed E-state index contributed by atoms with van der Waals surface area (Å²) >= 11 is 0. The molecule has 1 saturated carbocycles. The predicted octanol–water partition coefficient (Wildman–Crippen LogP) is 2.92. The van der Waals surface area contributed by atoms with E-state index in [1.807, 2.05) is 6.07 Å². The van der Waals surface area contributed by atoms with E-state index in [2.05, 4.69) is 26.0 Å². The molecule has 0 saturated heterocycles. The number of hydrogen-bond donors (Lipinski definition) is 1. The Morgan fingerprint density at radius 2 is 2.03 bits per heavy atom. The molecule has 3 heterocycles. The van der Waals surface area contributed by atoms with Gasteiger partial charge >= 0.3 is 12.0 Å². The number of nitrogens with zero attached hydrogens (tertiary/aromatic N) is 7. The molecule has 154 valence electrons. The molecule has 11 nitrogen and oxygen atoms in total. The highest BCUT2D eigenvalue weighted by Crippen LogP contribution is 2.31. The van der Waals surface area contributed by atoms with E-state index in [-0.39, 0.29) is 17.8 Å². The largest absolute Gasteiger partial charge is 0.381 e.